The van der Waals surface area contributed by atoms with Crippen LogP contribution in [0.5, 0.6) is 0 Å². The molecule has 1 saturated carbocycles. The number of amides is 1. The molecule has 0 aromatic heterocycles. The van der Waals surface area contributed by atoms with Crippen molar-refractivity contribution in [1.29, 1.82) is 0 Å². The summed E-state index contributed by atoms with van der Waals surface area (Å²) in [6.45, 7) is 6.84. The van der Waals surface area contributed by atoms with E-state index in [0.29, 0.717) is 12.6 Å². The molecule has 1 unspecified atom stereocenters. The van der Waals surface area contributed by atoms with Crippen LogP contribution in [0.4, 0.5) is 0 Å². The average Bonchev–Trinajstić information content (AvgIpc) is 3.22. The third-order valence-electron chi connectivity index (χ3n) is 4.19. The van der Waals surface area contributed by atoms with Gasteiger partial charge in [0.15, 0.2) is 0 Å². The maximum atomic E-state index is 12.0. The number of likely N-dealkylation sites (N-methyl/N-ethyl adjacent to an activating group) is 1. The monoisotopic (exact) mass is 253 g/mol. The van der Waals surface area contributed by atoms with E-state index in [4.69, 9.17) is 0 Å². The number of hydrogen-bond donors (Lipinski definition) is 1. The Morgan fingerprint density at radius 3 is 2.67 bits per heavy atom. The molecular formula is C14H27N3O. The molecule has 0 aromatic rings. The maximum Gasteiger partial charge on any atom is 0.236 e. The topological polar surface area (TPSA) is 35.6 Å². The second-order valence-electron chi connectivity index (χ2n) is 5.78. The van der Waals surface area contributed by atoms with Crippen molar-refractivity contribution in [2.24, 2.45) is 5.92 Å². The lowest BCUT2D eigenvalue weighted by Gasteiger charge is -2.30. The van der Waals surface area contributed by atoms with E-state index < -0.39 is 0 Å². The Morgan fingerprint density at radius 2 is 2.11 bits per heavy atom. The molecule has 0 spiro atoms. The Hall–Kier alpha value is -0.610. The van der Waals surface area contributed by atoms with Gasteiger partial charge in [0.25, 0.3) is 0 Å². The summed E-state index contributed by atoms with van der Waals surface area (Å²) < 4.78 is 0. The van der Waals surface area contributed by atoms with E-state index in [2.05, 4.69) is 10.2 Å². The summed E-state index contributed by atoms with van der Waals surface area (Å²) in [6, 6.07) is 0.682. The van der Waals surface area contributed by atoms with E-state index in [9.17, 15) is 4.79 Å². The number of nitrogens with one attached hydrogen (secondary N) is 1. The molecule has 1 heterocycles. The Labute approximate surface area is 111 Å². The number of piperidine rings is 1. The Bertz CT molecular complexity index is 272. The van der Waals surface area contributed by atoms with Gasteiger partial charge in [-0.15, -0.1) is 0 Å². The van der Waals surface area contributed by atoms with Gasteiger partial charge in [-0.1, -0.05) is 0 Å². The largest absolute Gasteiger partial charge is 0.345 e. The van der Waals surface area contributed by atoms with Crippen LogP contribution in [0.15, 0.2) is 0 Å². The van der Waals surface area contributed by atoms with E-state index >= 15 is 0 Å². The van der Waals surface area contributed by atoms with Gasteiger partial charge in [-0.25, -0.2) is 0 Å². The van der Waals surface area contributed by atoms with Crippen LogP contribution in [0.1, 0.15) is 32.6 Å². The zero-order chi connectivity index (χ0) is 13.0. The second kappa shape index (κ2) is 6.53. The summed E-state index contributed by atoms with van der Waals surface area (Å²) in [6.07, 6.45) is 5.16. The SMILES string of the molecule is CCN(C)C(=O)CN(CC1CCCNC1)C1CC1. The Morgan fingerprint density at radius 1 is 1.33 bits per heavy atom. The van der Waals surface area contributed by atoms with Crippen molar-refractivity contribution in [2.45, 2.75) is 38.6 Å². The van der Waals surface area contributed by atoms with Crippen molar-refractivity contribution in [3.8, 4) is 0 Å². The summed E-state index contributed by atoms with van der Waals surface area (Å²) in [5, 5.41) is 3.46. The molecule has 1 N–H and O–H groups in total. The first-order valence-corrected chi connectivity index (χ1v) is 7.39. The van der Waals surface area contributed by atoms with E-state index in [1.54, 1.807) is 0 Å². The summed E-state index contributed by atoms with van der Waals surface area (Å²) >= 11 is 0. The number of nitrogens with zero attached hydrogens (tertiary/aromatic N) is 2. The van der Waals surface area contributed by atoms with E-state index in [1.165, 1.54) is 25.7 Å². The summed E-state index contributed by atoms with van der Waals surface area (Å²) in [7, 11) is 1.90. The summed E-state index contributed by atoms with van der Waals surface area (Å²) in [5.41, 5.74) is 0. The van der Waals surface area contributed by atoms with Crippen LogP contribution in [-0.4, -0.2) is 61.5 Å². The minimum absolute atomic E-state index is 0.271. The van der Waals surface area contributed by atoms with Gasteiger partial charge in [0.05, 0.1) is 6.54 Å². The third kappa shape index (κ3) is 3.95. The predicted octanol–water partition coefficient (Wildman–Crippen LogP) is 0.929. The molecule has 2 fully saturated rings. The molecule has 2 aliphatic rings. The van der Waals surface area contributed by atoms with Gasteiger partial charge in [0.2, 0.25) is 5.91 Å². The molecule has 1 amide bonds. The van der Waals surface area contributed by atoms with E-state index in [-0.39, 0.29) is 5.91 Å². The molecule has 1 atom stereocenters. The standard InChI is InChI=1S/C14H27N3O/c1-3-16(2)14(18)11-17(13-6-7-13)10-12-5-4-8-15-9-12/h12-13,15H,3-11H2,1-2H3. The molecule has 4 nitrogen and oxygen atoms in total. The van der Waals surface area contributed by atoms with Crippen LogP contribution in [0.25, 0.3) is 0 Å². The van der Waals surface area contributed by atoms with Crippen molar-refractivity contribution in [1.82, 2.24) is 15.1 Å². The van der Waals surface area contributed by atoms with Gasteiger partial charge in [0.1, 0.15) is 0 Å². The second-order valence-corrected chi connectivity index (χ2v) is 5.78. The fraction of sp³-hybridized carbons (Fsp3) is 0.929. The minimum atomic E-state index is 0.271. The smallest absolute Gasteiger partial charge is 0.236 e. The highest BCUT2D eigenvalue weighted by Gasteiger charge is 2.32. The van der Waals surface area contributed by atoms with Gasteiger partial charge in [-0.2, -0.15) is 0 Å². The average molecular weight is 253 g/mol. The number of hydrogen-bond acceptors (Lipinski definition) is 3. The molecule has 4 heteroatoms. The number of rotatable bonds is 6. The van der Waals surface area contributed by atoms with Crippen molar-refractivity contribution < 1.29 is 4.79 Å². The lowest BCUT2D eigenvalue weighted by atomic mass is 9.99. The van der Waals surface area contributed by atoms with Crippen molar-refractivity contribution in [3.63, 3.8) is 0 Å². The van der Waals surface area contributed by atoms with Crippen LogP contribution >= 0.6 is 0 Å². The zero-order valence-corrected chi connectivity index (χ0v) is 11.8. The quantitative estimate of drug-likeness (QED) is 0.765. The van der Waals surface area contributed by atoms with Crippen LogP contribution in [0.3, 0.4) is 0 Å². The van der Waals surface area contributed by atoms with Crippen molar-refractivity contribution >= 4 is 5.91 Å². The molecule has 2 rings (SSSR count). The van der Waals surface area contributed by atoms with Crippen LogP contribution in [0.2, 0.25) is 0 Å². The molecule has 1 aliphatic heterocycles. The number of carbonyl (C=O) groups excluding carboxylic acids is 1. The molecule has 0 bridgehead atoms. The molecule has 1 aliphatic carbocycles. The highest BCUT2D eigenvalue weighted by atomic mass is 16.2. The van der Waals surface area contributed by atoms with Crippen LogP contribution in [0, 0.1) is 5.92 Å². The van der Waals surface area contributed by atoms with Gasteiger partial charge < -0.3 is 10.2 Å². The first-order valence-electron chi connectivity index (χ1n) is 7.39. The van der Waals surface area contributed by atoms with Crippen LogP contribution < -0.4 is 5.32 Å². The van der Waals surface area contributed by atoms with Crippen molar-refractivity contribution in [3.05, 3.63) is 0 Å². The van der Waals surface area contributed by atoms with Crippen molar-refractivity contribution in [2.75, 3.05) is 39.8 Å². The molecule has 18 heavy (non-hydrogen) atoms. The predicted molar refractivity (Wildman–Crippen MR) is 73.5 cm³/mol. The van der Waals surface area contributed by atoms with E-state index in [1.807, 2.05) is 18.9 Å². The summed E-state index contributed by atoms with van der Waals surface area (Å²) in [4.78, 5) is 16.3. The summed E-state index contributed by atoms with van der Waals surface area (Å²) in [5.74, 6) is 1.01. The molecule has 1 saturated heterocycles. The lowest BCUT2D eigenvalue weighted by Crippen LogP contribution is -2.44. The number of carbonyl (C=O) groups is 1. The molecular weight excluding hydrogens is 226 g/mol. The maximum absolute atomic E-state index is 12.0. The van der Waals surface area contributed by atoms with E-state index in [0.717, 1.165) is 32.1 Å². The molecule has 0 radical (unpaired) electrons. The minimum Gasteiger partial charge on any atom is -0.345 e. The molecule has 0 aromatic carbocycles. The van der Waals surface area contributed by atoms with Gasteiger partial charge in [-0.05, 0) is 51.6 Å². The normalized spacial score (nSPS) is 24.3. The van der Waals surface area contributed by atoms with Gasteiger partial charge in [0, 0.05) is 26.2 Å². The fourth-order valence-corrected chi connectivity index (χ4v) is 2.66. The Balaban J connectivity index is 1.81. The highest BCUT2D eigenvalue weighted by molar-refractivity contribution is 5.78. The van der Waals surface area contributed by atoms with Crippen LogP contribution in [-0.2, 0) is 4.79 Å². The van der Waals surface area contributed by atoms with Gasteiger partial charge >= 0.3 is 0 Å². The highest BCUT2D eigenvalue weighted by Crippen LogP contribution is 2.28. The lowest BCUT2D eigenvalue weighted by molar-refractivity contribution is -0.131. The zero-order valence-electron chi connectivity index (χ0n) is 11.8. The Kier molecular flexibility index (Phi) is 5.01. The first-order chi connectivity index (χ1) is 8.70. The fourth-order valence-electron chi connectivity index (χ4n) is 2.66. The van der Waals surface area contributed by atoms with Gasteiger partial charge in [-0.3, -0.25) is 9.69 Å². The third-order valence-corrected chi connectivity index (χ3v) is 4.19. The first kappa shape index (κ1) is 13.8. The molecule has 104 valence electrons.